The first-order valence-corrected chi connectivity index (χ1v) is 10.8. The molecular formula is C24H21N7O2. The molecule has 6 rings (SSSR count). The number of fused-ring (bicyclic) bond motifs is 2. The maximum atomic E-state index is 12.7. The monoisotopic (exact) mass is 439 g/mol. The zero-order valence-electron chi connectivity index (χ0n) is 17.9. The number of imidazole rings is 1. The standard InChI is InChI=1S/C24H21N7O2/c1-30-13-15(8-22(30)32)14-2-5-20(26-9-14)29-18-4-3-16(17-10-28-24(33)23(17)18)19-11-27-21-12-25-6-7-31(19)21/h2-7,9,11-12,15H,8,10,13H2,1H3,(H,26,29)(H,28,33)/t15-/m1/s1. The largest absolute Gasteiger partial charge is 0.348 e. The summed E-state index contributed by atoms with van der Waals surface area (Å²) in [6, 6.07) is 7.79. The molecule has 0 spiro atoms. The fourth-order valence-corrected chi connectivity index (χ4v) is 4.68. The normalized spacial score (nSPS) is 17.5. The van der Waals surface area contributed by atoms with Gasteiger partial charge in [0.25, 0.3) is 5.91 Å². The Hall–Kier alpha value is -4.27. The van der Waals surface area contributed by atoms with Gasteiger partial charge in [-0.1, -0.05) is 12.1 Å². The van der Waals surface area contributed by atoms with Crippen LogP contribution in [0.3, 0.4) is 0 Å². The molecule has 2 aliphatic rings. The van der Waals surface area contributed by atoms with Crippen molar-refractivity contribution < 1.29 is 9.59 Å². The van der Waals surface area contributed by atoms with E-state index in [1.165, 1.54) is 0 Å². The lowest BCUT2D eigenvalue weighted by molar-refractivity contribution is -0.126. The summed E-state index contributed by atoms with van der Waals surface area (Å²) in [5, 5.41) is 6.24. The predicted octanol–water partition coefficient (Wildman–Crippen LogP) is 2.72. The van der Waals surface area contributed by atoms with Gasteiger partial charge in [-0.25, -0.2) is 9.97 Å². The van der Waals surface area contributed by atoms with Crippen molar-refractivity contribution in [1.29, 1.82) is 0 Å². The number of rotatable bonds is 4. The molecule has 164 valence electrons. The number of nitrogens with one attached hydrogen (secondary N) is 2. The van der Waals surface area contributed by atoms with Gasteiger partial charge in [0, 0.05) is 56.6 Å². The third-order valence-electron chi connectivity index (χ3n) is 6.42. The number of nitrogens with zero attached hydrogens (tertiary/aromatic N) is 5. The third-order valence-corrected chi connectivity index (χ3v) is 6.42. The molecule has 9 nitrogen and oxygen atoms in total. The number of carbonyl (C=O) groups excluding carboxylic acids is 2. The summed E-state index contributed by atoms with van der Waals surface area (Å²) < 4.78 is 1.96. The fraction of sp³-hybridized carbons (Fsp3) is 0.208. The smallest absolute Gasteiger partial charge is 0.254 e. The molecule has 0 bridgehead atoms. The van der Waals surface area contributed by atoms with Crippen LogP contribution in [0.4, 0.5) is 11.5 Å². The Kier molecular flexibility index (Phi) is 4.36. The van der Waals surface area contributed by atoms with E-state index in [-0.39, 0.29) is 17.7 Å². The highest BCUT2D eigenvalue weighted by atomic mass is 16.2. The highest BCUT2D eigenvalue weighted by molar-refractivity contribution is 6.06. The van der Waals surface area contributed by atoms with E-state index >= 15 is 0 Å². The van der Waals surface area contributed by atoms with Gasteiger partial charge in [0.15, 0.2) is 5.65 Å². The second kappa shape index (κ2) is 7.40. The zero-order chi connectivity index (χ0) is 22.5. The maximum absolute atomic E-state index is 12.7. The summed E-state index contributed by atoms with van der Waals surface area (Å²) in [5.41, 5.74) is 5.89. The van der Waals surface area contributed by atoms with Crippen LogP contribution in [-0.2, 0) is 11.3 Å². The molecule has 2 N–H and O–H groups in total. The number of likely N-dealkylation sites (tertiary alicyclic amines) is 1. The number of aromatic nitrogens is 4. The molecule has 2 aliphatic heterocycles. The molecule has 3 aromatic heterocycles. The molecule has 1 atom stereocenters. The molecule has 9 heteroatoms. The Morgan fingerprint density at radius 3 is 2.79 bits per heavy atom. The Bertz CT molecular complexity index is 1410. The van der Waals surface area contributed by atoms with Crippen LogP contribution >= 0.6 is 0 Å². The Morgan fingerprint density at radius 1 is 1.09 bits per heavy atom. The van der Waals surface area contributed by atoms with E-state index < -0.39 is 0 Å². The average Bonchev–Trinajstić information content (AvgIpc) is 3.52. The van der Waals surface area contributed by atoms with Gasteiger partial charge in [-0.05, 0) is 23.3 Å². The molecule has 0 aliphatic carbocycles. The summed E-state index contributed by atoms with van der Waals surface area (Å²) >= 11 is 0. The summed E-state index contributed by atoms with van der Waals surface area (Å²) in [6.07, 6.45) is 9.40. The molecule has 1 aromatic carbocycles. The zero-order valence-corrected chi connectivity index (χ0v) is 17.9. The van der Waals surface area contributed by atoms with E-state index in [4.69, 9.17) is 0 Å². The predicted molar refractivity (Wildman–Crippen MR) is 122 cm³/mol. The summed E-state index contributed by atoms with van der Waals surface area (Å²) in [6.45, 7) is 1.16. The van der Waals surface area contributed by atoms with Crippen LogP contribution in [0.5, 0.6) is 0 Å². The number of likely N-dealkylation sites (N-methyl/N-ethyl adjacent to an activating group) is 1. The number of anilines is 2. The lowest BCUT2D eigenvalue weighted by Crippen LogP contribution is -2.18. The van der Waals surface area contributed by atoms with Crippen molar-refractivity contribution in [3.05, 3.63) is 71.9 Å². The first kappa shape index (κ1) is 19.4. The van der Waals surface area contributed by atoms with Gasteiger partial charge < -0.3 is 15.5 Å². The van der Waals surface area contributed by atoms with Crippen LogP contribution in [-0.4, -0.2) is 49.7 Å². The third kappa shape index (κ3) is 3.20. The van der Waals surface area contributed by atoms with Crippen LogP contribution < -0.4 is 10.6 Å². The van der Waals surface area contributed by atoms with Gasteiger partial charge in [0.2, 0.25) is 5.91 Å². The first-order chi connectivity index (χ1) is 16.1. The van der Waals surface area contributed by atoms with Gasteiger partial charge in [0.1, 0.15) is 5.82 Å². The molecule has 0 radical (unpaired) electrons. The summed E-state index contributed by atoms with van der Waals surface area (Å²) in [5.74, 6) is 0.853. The van der Waals surface area contributed by atoms with Crippen molar-refractivity contribution in [3.63, 3.8) is 0 Å². The first-order valence-electron chi connectivity index (χ1n) is 10.8. The number of pyridine rings is 1. The van der Waals surface area contributed by atoms with E-state index in [0.717, 1.165) is 28.0 Å². The van der Waals surface area contributed by atoms with Crippen molar-refractivity contribution in [3.8, 4) is 11.3 Å². The Morgan fingerprint density at radius 2 is 2.00 bits per heavy atom. The molecule has 4 aromatic rings. The number of hydrogen-bond donors (Lipinski definition) is 2. The minimum atomic E-state index is -0.117. The van der Waals surface area contributed by atoms with E-state index in [2.05, 4.69) is 25.6 Å². The van der Waals surface area contributed by atoms with Gasteiger partial charge in [0.05, 0.1) is 29.3 Å². The molecule has 2 amide bonds. The molecule has 0 saturated carbocycles. The average molecular weight is 439 g/mol. The molecule has 5 heterocycles. The Labute approximate surface area is 189 Å². The summed E-state index contributed by atoms with van der Waals surface area (Å²) in [7, 11) is 1.82. The quantitative estimate of drug-likeness (QED) is 0.507. The number of carbonyl (C=O) groups is 2. The van der Waals surface area contributed by atoms with Crippen molar-refractivity contribution in [2.45, 2.75) is 18.9 Å². The van der Waals surface area contributed by atoms with Crippen molar-refractivity contribution >= 4 is 29.0 Å². The topological polar surface area (TPSA) is 105 Å². The molecule has 33 heavy (non-hydrogen) atoms. The van der Waals surface area contributed by atoms with Crippen molar-refractivity contribution in [2.75, 3.05) is 18.9 Å². The number of amides is 2. The van der Waals surface area contributed by atoms with E-state index in [9.17, 15) is 9.59 Å². The molecule has 0 unspecified atom stereocenters. The van der Waals surface area contributed by atoms with Gasteiger partial charge in [-0.15, -0.1) is 0 Å². The van der Waals surface area contributed by atoms with E-state index in [1.54, 1.807) is 29.7 Å². The Balaban J connectivity index is 1.32. The number of benzene rings is 1. The van der Waals surface area contributed by atoms with Crippen LogP contribution in [0, 0.1) is 0 Å². The van der Waals surface area contributed by atoms with Crippen LogP contribution in [0.1, 0.15) is 33.8 Å². The molecular weight excluding hydrogens is 418 g/mol. The maximum Gasteiger partial charge on any atom is 0.254 e. The highest BCUT2D eigenvalue weighted by Crippen LogP contribution is 2.35. The molecule has 1 fully saturated rings. The summed E-state index contributed by atoms with van der Waals surface area (Å²) in [4.78, 5) is 39.4. The fourth-order valence-electron chi connectivity index (χ4n) is 4.68. The van der Waals surface area contributed by atoms with Crippen molar-refractivity contribution in [2.24, 2.45) is 0 Å². The van der Waals surface area contributed by atoms with Crippen molar-refractivity contribution in [1.82, 2.24) is 29.6 Å². The van der Waals surface area contributed by atoms with Gasteiger partial charge in [-0.2, -0.15) is 0 Å². The lowest BCUT2D eigenvalue weighted by Gasteiger charge is -2.14. The molecule has 1 saturated heterocycles. The van der Waals surface area contributed by atoms with Gasteiger partial charge in [-0.3, -0.25) is 19.0 Å². The van der Waals surface area contributed by atoms with Crippen LogP contribution in [0.25, 0.3) is 16.9 Å². The minimum Gasteiger partial charge on any atom is -0.348 e. The minimum absolute atomic E-state index is 0.117. The second-order valence-electron chi connectivity index (χ2n) is 8.42. The SMILES string of the molecule is CN1C[C@H](c2ccc(Nc3ccc(-c4cnc5cnccn45)c4c3C(=O)NC4)nc2)CC1=O. The lowest BCUT2D eigenvalue weighted by atomic mass is 9.99. The van der Waals surface area contributed by atoms with E-state index in [1.807, 2.05) is 41.9 Å². The second-order valence-corrected chi connectivity index (χ2v) is 8.42. The number of hydrogen-bond acceptors (Lipinski definition) is 6. The van der Waals surface area contributed by atoms with Crippen LogP contribution in [0.2, 0.25) is 0 Å². The van der Waals surface area contributed by atoms with Crippen LogP contribution in [0.15, 0.2) is 55.2 Å². The highest BCUT2D eigenvalue weighted by Gasteiger charge is 2.29. The van der Waals surface area contributed by atoms with E-state index in [0.29, 0.717) is 36.6 Å². The van der Waals surface area contributed by atoms with Gasteiger partial charge >= 0.3 is 0 Å².